The van der Waals surface area contributed by atoms with Crippen molar-refractivity contribution < 1.29 is 27.5 Å². The zero-order chi connectivity index (χ0) is 30.6. The van der Waals surface area contributed by atoms with E-state index >= 15 is 0 Å². The van der Waals surface area contributed by atoms with E-state index in [0.717, 1.165) is 32.1 Å². The minimum atomic E-state index is -3.99. The molecule has 1 heterocycles. The van der Waals surface area contributed by atoms with Crippen molar-refractivity contribution in [2.24, 2.45) is 5.14 Å². The van der Waals surface area contributed by atoms with Crippen molar-refractivity contribution in [1.82, 2.24) is 20.3 Å². The molecule has 13 heteroatoms. The Hall–Kier alpha value is -4.49. The summed E-state index contributed by atoms with van der Waals surface area (Å²) in [6.45, 7) is -0.238. The van der Waals surface area contributed by atoms with Crippen LogP contribution in [0.4, 0.5) is 5.69 Å². The number of carbonyl (C=O) groups excluding carboxylic acids is 2. The third kappa shape index (κ3) is 6.62. The Morgan fingerprint density at radius 2 is 1.70 bits per heavy atom. The van der Waals surface area contributed by atoms with Crippen molar-refractivity contribution in [2.75, 3.05) is 19.1 Å². The van der Waals surface area contributed by atoms with Crippen LogP contribution in [0.25, 0.3) is 11.0 Å². The molecule has 2 amide bonds. The number of nitrogens with two attached hydrogens (primary N) is 1. The van der Waals surface area contributed by atoms with Crippen LogP contribution in [0.2, 0.25) is 0 Å². The molecule has 3 aromatic carbocycles. The summed E-state index contributed by atoms with van der Waals surface area (Å²) < 4.78 is 36.4. The van der Waals surface area contributed by atoms with E-state index in [2.05, 4.69) is 15.6 Å². The molecular formula is C30H34N6O6S. The summed E-state index contributed by atoms with van der Waals surface area (Å²) in [5.74, 6) is -0.0131. The molecule has 0 bridgehead atoms. The molecule has 3 N–H and O–H groups in total. The summed E-state index contributed by atoms with van der Waals surface area (Å²) in [7, 11) is -0.991. The maximum absolute atomic E-state index is 14.3. The van der Waals surface area contributed by atoms with Gasteiger partial charge in [0.05, 0.1) is 24.6 Å². The predicted octanol–water partition coefficient (Wildman–Crippen LogP) is 3.32. The minimum absolute atomic E-state index is 0.0372. The van der Waals surface area contributed by atoms with Crippen molar-refractivity contribution in [3.8, 4) is 11.5 Å². The average molecular weight is 607 g/mol. The van der Waals surface area contributed by atoms with Gasteiger partial charge in [-0.25, -0.2) is 18.2 Å². The molecule has 4 aromatic rings. The van der Waals surface area contributed by atoms with Gasteiger partial charge in [-0.05, 0) is 66.9 Å². The van der Waals surface area contributed by atoms with E-state index in [1.165, 1.54) is 48.1 Å². The number of amides is 2. The number of carbonyl (C=O) groups is 2. The first-order chi connectivity index (χ1) is 20.7. The lowest BCUT2D eigenvalue weighted by atomic mass is 9.94. The second kappa shape index (κ2) is 12.8. The molecule has 1 aliphatic rings. The number of ether oxygens (including phenoxy) is 2. The number of hydrogen-bond donors (Lipinski definition) is 2. The first-order valence-corrected chi connectivity index (χ1v) is 15.5. The number of rotatable bonds is 10. The minimum Gasteiger partial charge on any atom is -0.493 e. The normalized spacial score (nSPS) is 14.7. The molecule has 1 aromatic heterocycles. The Labute approximate surface area is 249 Å². The van der Waals surface area contributed by atoms with Crippen molar-refractivity contribution >= 4 is 38.6 Å². The molecular weight excluding hydrogens is 572 g/mol. The van der Waals surface area contributed by atoms with Crippen LogP contribution in [0, 0.1) is 0 Å². The number of nitrogens with one attached hydrogen (secondary N) is 1. The standard InChI is InChI=1S/C30H34N6O6S/c1-41-26-17-12-20(18-27(26)42-2)29(30(38)32-21-8-4-3-5-9-21)36(22-13-15-23(16-14-22)43(31,39)40)28(37)19-35-25-11-7-6-10-24(25)33-34-35/h6-7,10-18,21,29H,3-5,8-9,19H2,1-2H3,(H,32,38)(H2,31,39,40). The molecule has 43 heavy (non-hydrogen) atoms. The van der Waals surface area contributed by atoms with Gasteiger partial charge in [0.25, 0.3) is 0 Å². The Balaban J connectivity index is 1.62. The number of primary sulfonamides is 1. The van der Waals surface area contributed by atoms with Gasteiger partial charge < -0.3 is 14.8 Å². The van der Waals surface area contributed by atoms with Gasteiger partial charge in [0.15, 0.2) is 11.5 Å². The number of methoxy groups -OCH3 is 2. The number of fused-ring (bicyclic) bond motifs is 1. The SMILES string of the molecule is COc1ccc(C(C(=O)NC2CCCCC2)N(C(=O)Cn2nnc3ccccc32)c2ccc(S(N)(=O)=O)cc2)cc1OC. The van der Waals surface area contributed by atoms with Crippen molar-refractivity contribution in [3.63, 3.8) is 0 Å². The lowest BCUT2D eigenvalue weighted by molar-refractivity contribution is -0.127. The van der Waals surface area contributed by atoms with E-state index in [4.69, 9.17) is 14.6 Å². The van der Waals surface area contributed by atoms with Crippen molar-refractivity contribution in [3.05, 3.63) is 72.3 Å². The van der Waals surface area contributed by atoms with Gasteiger partial charge >= 0.3 is 0 Å². The predicted molar refractivity (Wildman–Crippen MR) is 160 cm³/mol. The molecule has 1 unspecified atom stereocenters. The van der Waals surface area contributed by atoms with Crippen LogP contribution in [0.1, 0.15) is 43.7 Å². The van der Waals surface area contributed by atoms with E-state index in [9.17, 15) is 18.0 Å². The average Bonchev–Trinajstić information content (AvgIpc) is 3.42. The number of nitrogens with zero attached hydrogens (tertiary/aromatic N) is 4. The molecule has 226 valence electrons. The highest BCUT2D eigenvalue weighted by Crippen LogP contribution is 2.35. The summed E-state index contributed by atoms with van der Waals surface area (Å²) in [6, 6.07) is 16.6. The van der Waals surface area contributed by atoms with Crippen LogP contribution < -0.4 is 24.8 Å². The van der Waals surface area contributed by atoms with E-state index in [0.29, 0.717) is 33.8 Å². The lowest BCUT2D eigenvalue weighted by Gasteiger charge is -2.33. The van der Waals surface area contributed by atoms with Crippen LogP contribution in [-0.2, 0) is 26.2 Å². The van der Waals surface area contributed by atoms with Crippen LogP contribution >= 0.6 is 0 Å². The van der Waals surface area contributed by atoms with E-state index in [-0.39, 0.29) is 23.4 Å². The zero-order valence-corrected chi connectivity index (χ0v) is 24.8. The molecule has 1 saturated carbocycles. The molecule has 1 fully saturated rings. The number of aromatic nitrogens is 3. The highest BCUT2D eigenvalue weighted by atomic mass is 32.2. The third-order valence-electron chi connectivity index (χ3n) is 7.60. The largest absolute Gasteiger partial charge is 0.493 e. The number of hydrogen-bond acceptors (Lipinski definition) is 8. The Morgan fingerprint density at radius 1 is 1.00 bits per heavy atom. The van der Waals surface area contributed by atoms with Gasteiger partial charge in [-0.15, -0.1) is 5.10 Å². The first kappa shape index (κ1) is 30.0. The zero-order valence-electron chi connectivity index (χ0n) is 24.0. The van der Waals surface area contributed by atoms with Gasteiger partial charge in [0, 0.05) is 11.7 Å². The molecule has 5 rings (SSSR count). The summed E-state index contributed by atoms with van der Waals surface area (Å²) in [5.41, 5.74) is 2.03. The number of sulfonamides is 1. The van der Waals surface area contributed by atoms with Crippen LogP contribution in [0.15, 0.2) is 71.6 Å². The third-order valence-corrected chi connectivity index (χ3v) is 8.53. The summed E-state index contributed by atoms with van der Waals surface area (Å²) >= 11 is 0. The number of benzene rings is 3. The smallest absolute Gasteiger partial charge is 0.249 e. The lowest BCUT2D eigenvalue weighted by Crippen LogP contribution is -2.48. The molecule has 12 nitrogen and oxygen atoms in total. The maximum Gasteiger partial charge on any atom is 0.249 e. The van der Waals surface area contributed by atoms with Crippen molar-refractivity contribution in [1.29, 1.82) is 0 Å². The number of para-hydroxylation sites is 1. The van der Waals surface area contributed by atoms with Gasteiger partial charge in [-0.2, -0.15) is 0 Å². The van der Waals surface area contributed by atoms with Crippen LogP contribution in [0.3, 0.4) is 0 Å². The van der Waals surface area contributed by atoms with E-state index in [1.807, 2.05) is 12.1 Å². The van der Waals surface area contributed by atoms with Crippen molar-refractivity contribution in [2.45, 2.75) is 55.6 Å². The second-order valence-corrected chi connectivity index (χ2v) is 12.0. The molecule has 0 radical (unpaired) electrons. The van der Waals surface area contributed by atoms with Crippen LogP contribution in [-0.4, -0.2) is 55.5 Å². The fourth-order valence-corrected chi connectivity index (χ4v) is 5.95. The number of anilines is 1. The van der Waals surface area contributed by atoms with Crippen LogP contribution in [0.5, 0.6) is 11.5 Å². The van der Waals surface area contributed by atoms with Gasteiger partial charge in [-0.3, -0.25) is 14.5 Å². The Kier molecular flexibility index (Phi) is 8.92. The molecule has 1 aliphatic carbocycles. The summed E-state index contributed by atoms with van der Waals surface area (Å²) in [6.07, 6.45) is 4.79. The molecule has 0 aliphatic heterocycles. The second-order valence-electron chi connectivity index (χ2n) is 10.4. The summed E-state index contributed by atoms with van der Waals surface area (Å²) in [4.78, 5) is 29.7. The highest BCUT2D eigenvalue weighted by Gasteiger charge is 2.35. The molecule has 0 spiro atoms. The first-order valence-electron chi connectivity index (χ1n) is 13.9. The Morgan fingerprint density at radius 3 is 2.37 bits per heavy atom. The fraction of sp³-hybridized carbons (Fsp3) is 0.333. The van der Waals surface area contributed by atoms with E-state index < -0.39 is 22.0 Å². The summed E-state index contributed by atoms with van der Waals surface area (Å²) in [5, 5.41) is 16.8. The maximum atomic E-state index is 14.3. The highest BCUT2D eigenvalue weighted by molar-refractivity contribution is 7.89. The monoisotopic (exact) mass is 606 g/mol. The van der Waals surface area contributed by atoms with Gasteiger partial charge in [0.2, 0.25) is 21.8 Å². The fourth-order valence-electron chi connectivity index (χ4n) is 5.44. The quantitative estimate of drug-likeness (QED) is 0.278. The molecule has 0 saturated heterocycles. The topological polar surface area (TPSA) is 159 Å². The molecule has 1 atom stereocenters. The van der Waals surface area contributed by atoms with E-state index in [1.54, 1.807) is 30.3 Å². The van der Waals surface area contributed by atoms with Gasteiger partial charge in [-0.1, -0.05) is 42.7 Å². The Bertz CT molecular complexity index is 1720. The van der Waals surface area contributed by atoms with Gasteiger partial charge in [0.1, 0.15) is 18.1 Å².